The van der Waals surface area contributed by atoms with Gasteiger partial charge in [-0.15, -0.1) is 0 Å². The van der Waals surface area contributed by atoms with Gasteiger partial charge in [0.05, 0.1) is 7.11 Å². The maximum absolute atomic E-state index is 9.22. The molecule has 0 N–H and O–H groups in total. The minimum Gasteiger partial charge on any atom is -0.726 e. The number of unbranched alkanes of at least 4 members (excludes halogenated alkanes) is 13. The van der Waals surface area contributed by atoms with Crippen molar-refractivity contribution in [1.82, 2.24) is 0 Å². The molecule has 0 aliphatic carbocycles. The van der Waals surface area contributed by atoms with Crippen molar-refractivity contribution in [2.24, 2.45) is 0 Å². The van der Waals surface area contributed by atoms with Gasteiger partial charge < -0.3 is 4.55 Å². The summed E-state index contributed by atoms with van der Waals surface area (Å²) in [5.41, 5.74) is 1.23. The molecule has 0 amide bonds. The van der Waals surface area contributed by atoms with Crippen molar-refractivity contribution in [3.63, 3.8) is 0 Å². The zero-order valence-corrected chi connectivity index (χ0v) is 20.0. The van der Waals surface area contributed by atoms with Crippen LogP contribution in [0.4, 0.5) is 0 Å². The van der Waals surface area contributed by atoms with Gasteiger partial charge in [-0.25, -0.2) is 8.42 Å². The summed E-state index contributed by atoms with van der Waals surface area (Å²) in [4.78, 5) is 0. The summed E-state index contributed by atoms with van der Waals surface area (Å²) in [7, 11) is -3.60. The average molecular weight is 442 g/mol. The van der Waals surface area contributed by atoms with Gasteiger partial charge in [0.25, 0.3) is 0 Å². The fourth-order valence-corrected chi connectivity index (χ4v) is 3.36. The first-order valence-electron chi connectivity index (χ1n) is 11.6. The second kappa shape index (κ2) is 19.7. The van der Waals surface area contributed by atoms with Gasteiger partial charge in [-0.1, -0.05) is 90.6 Å². The van der Waals surface area contributed by atoms with E-state index in [1.807, 2.05) is 6.08 Å². The highest BCUT2D eigenvalue weighted by Crippen LogP contribution is 2.13. The lowest BCUT2D eigenvalue weighted by Crippen LogP contribution is -2.36. The zero-order chi connectivity index (χ0) is 22.5. The van der Waals surface area contributed by atoms with E-state index in [0.29, 0.717) is 0 Å². The number of rotatable bonds is 17. The molecule has 0 aliphatic heterocycles. The topological polar surface area (TPSA) is 70.3 Å². The lowest BCUT2D eigenvalue weighted by molar-refractivity contribution is -0.699. The van der Waals surface area contributed by atoms with Gasteiger partial charge >= 0.3 is 0 Å². The molecule has 0 saturated carbocycles. The van der Waals surface area contributed by atoms with Crippen LogP contribution < -0.4 is 4.57 Å². The van der Waals surface area contributed by atoms with E-state index in [2.05, 4.69) is 46.6 Å². The molecule has 0 aromatic carbocycles. The van der Waals surface area contributed by atoms with Crippen molar-refractivity contribution in [2.45, 2.75) is 103 Å². The van der Waals surface area contributed by atoms with E-state index in [1.165, 1.54) is 95.6 Å². The number of aryl methyl sites for hydroxylation is 1. The van der Waals surface area contributed by atoms with Crippen LogP contribution in [-0.4, -0.2) is 20.1 Å². The third-order valence-electron chi connectivity index (χ3n) is 5.14. The van der Waals surface area contributed by atoms with Crippen molar-refractivity contribution in [2.75, 3.05) is 7.11 Å². The second-order valence-electron chi connectivity index (χ2n) is 7.69. The van der Waals surface area contributed by atoms with E-state index in [4.69, 9.17) is 0 Å². The normalized spacial score (nSPS) is 11.0. The maximum Gasteiger partial charge on any atom is 0.217 e. The Hall–Kier alpha value is -1.24. The third-order valence-corrected chi connectivity index (χ3v) is 5.55. The van der Waals surface area contributed by atoms with Crippen LogP contribution in [0.2, 0.25) is 0 Å². The largest absolute Gasteiger partial charge is 0.726 e. The number of nitrogens with zero attached hydrogens (tertiary/aromatic N) is 1. The Labute approximate surface area is 185 Å². The number of hydrogen-bond donors (Lipinski definition) is 0. The Morgan fingerprint density at radius 2 is 1.33 bits per heavy atom. The average Bonchev–Trinajstić information content (AvgIpc) is 2.74. The molecule has 30 heavy (non-hydrogen) atoms. The quantitative estimate of drug-likeness (QED) is 0.125. The molecule has 1 aromatic rings. The molecule has 0 fully saturated rings. The number of aromatic nitrogens is 1. The zero-order valence-electron chi connectivity index (χ0n) is 19.2. The molecule has 174 valence electrons. The fraction of sp³-hybridized carbons (Fsp3) is 0.708. The first-order valence-corrected chi connectivity index (χ1v) is 12.9. The highest BCUT2D eigenvalue weighted by molar-refractivity contribution is 7.80. The molecule has 0 radical (unpaired) electrons. The first kappa shape index (κ1) is 28.8. The Balaban J connectivity index is 0.00000122. The summed E-state index contributed by atoms with van der Waals surface area (Å²) < 4.78 is 33.3. The minimum absolute atomic E-state index is 0.808. The van der Waals surface area contributed by atoms with Gasteiger partial charge in [0.15, 0.2) is 6.20 Å². The Bertz CT molecular complexity index is 632. The number of hydrogen-bond acceptors (Lipinski definition) is 4. The first-order chi connectivity index (χ1) is 14.4. The molecule has 5 nitrogen and oxygen atoms in total. The van der Waals surface area contributed by atoms with Crippen LogP contribution in [0.1, 0.15) is 103 Å². The van der Waals surface area contributed by atoms with Crippen molar-refractivity contribution in [3.05, 3.63) is 36.7 Å². The monoisotopic (exact) mass is 441 g/mol. The van der Waals surface area contributed by atoms with Gasteiger partial charge in [-0.05, 0) is 12.5 Å². The van der Waals surface area contributed by atoms with Crippen molar-refractivity contribution in [1.29, 1.82) is 0 Å². The van der Waals surface area contributed by atoms with E-state index < -0.39 is 10.4 Å². The predicted octanol–water partition coefficient (Wildman–Crippen LogP) is 6.19. The summed E-state index contributed by atoms with van der Waals surface area (Å²) in [6.45, 7) is 7.30. The second-order valence-corrected chi connectivity index (χ2v) is 8.84. The molecule has 0 unspecified atom stereocenters. The van der Waals surface area contributed by atoms with Crippen LogP contribution in [0.25, 0.3) is 6.08 Å². The molecule has 0 saturated heterocycles. The highest BCUT2D eigenvalue weighted by atomic mass is 32.3. The standard InChI is InChI=1S/C23H40N.CH4O4S/c1-3-5-6-7-8-9-10-11-12-13-14-15-16-18-21-24-22-19-17-20-23(24)4-2;1-5-6(2,3)4/h4,17,19-20,22H,2-3,5-16,18,21H2,1H3;1H3,(H,2,3,4)/q+1;/p-1. The molecule has 1 aromatic heterocycles. The van der Waals surface area contributed by atoms with Crippen LogP contribution in [0.5, 0.6) is 0 Å². The Morgan fingerprint density at radius 1 is 0.900 bits per heavy atom. The predicted molar refractivity (Wildman–Crippen MR) is 124 cm³/mol. The molecule has 6 heteroatoms. The van der Waals surface area contributed by atoms with Crippen LogP contribution >= 0.6 is 0 Å². The molecule has 0 spiro atoms. The van der Waals surface area contributed by atoms with Gasteiger partial charge in [0.2, 0.25) is 16.1 Å². The van der Waals surface area contributed by atoms with Gasteiger partial charge in [-0.3, -0.25) is 4.18 Å². The molecule has 1 rings (SSSR count). The summed E-state index contributed by atoms with van der Waals surface area (Å²) >= 11 is 0. The van der Waals surface area contributed by atoms with Crippen molar-refractivity contribution >= 4 is 16.5 Å². The van der Waals surface area contributed by atoms with Crippen molar-refractivity contribution in [3.8, 4) is 0 Å². The molecule has 0 atom stereocenters. The van der Waals surface area contributed by atoms with Gasteiger partial charge in [-0.2, -0.15) is 4.57 Å². The molecular weight excluding hydrogens is 398 g/mol. The molecule has 1 heterocycles. The SMILES string of the molecule is C=Cc1cccc[n+]1CCCCCCCCCCCCCCCC.COS(=O)(=O)[O-]. The smallest absolute Gasteiger partial charge is 0.217 e. The van der Waals surface area contributed by atoms with E-state index in [-0.39, 0.29) is 0 Å². The highest BCUT2D eigenvalue weighted by Gasteiger charge is 2.04. The van der Waals surface area contributed by atoms with E-state index in [0.717, 1.165) is 13.7 Å². The third kappa shape index (κ3) is 18.8. The molecule has 0 aliphatic rings. The Morgan fingerprint density at radius 3 is 1.73 bits per heavy atom. The fourth-order valence-electron chi connectivity index (χ4n) is 3.36. The summed E-state index contributed by atoms with van der Waals surface area (Å²) in [6.07, 6.45) is 24.0. The number of pyridine rings is 1. The lowest BCUT2D eigenvalue weighted by Gasteiger charge is -2.03. The van der Waals surface area contributed by atoms with Gasteiger partial charge in [0.1, 0.15) is 6.54 Å². The molecular formula is C24H43NO4S. The van der Waals surface area contributed by atoms with Crippen LogP contribution in [0.15, 0.2) is 31.0 Å². The lowest BCUT2D eigenvalue weighted by atomic mass is 10.0. The Kier molecular flexibility index (Phi) is 18.9. The molecule has 0 bridgehead atoms. The summed E-state index contributed by atoms with van der Waals surface area (Å²) in [5.74, 6) is 0. The van der Waals surface area contributed by atoms with Crippen molar-refractivity contribution < 1.29 is 21.7 Å². The van der Waals surface area contributed by atoms with Crippen LogP contribution in [-0.2, 0) is 21.1 Å². The summed E-state index contributed by atoms with van der Waals surface area (Å²) in [5, 5.41) is 0. The van der Waals surface area contributed by atoms with E-state index >= 15 is 0 Å². The summed E-state index contributed by atoms with van der Waals surface area (Å²) in [6, 6.07) is 6.33. The minimum atomic E-state index is -4.41. The van der Waals surface area contributed by atoms with Crippen LogP contribution in [0.3, 0.4) is 0 Å². The van der Waals surface area contributed by atoms with E-state index in [1.54, 1.807) is 0 Å². The van der Waals surface area contributed by atoms with Gasteiger partial charge in [0, 0.05) is 24.6 Å². The maximum atomic E-state index is 9.22. The van der Waals surface area contributed by atoms with Crippen LogP contribution in [0, 0.1) is 0 Å². The van der Waals surface area contributed by atoms with E-state index in [9.17, 15) is 13.0 Å².